The Morgan fingerprint density at radius 3 is 2.50 bits per heavy atom. The van der Waals surface area contributed by atoms with Crippen molar-refractivity contribution in [2.75, 3.05) is 13.7 Å². The van der Waals surface area contributed by atoms with Gasteiger partial charge in [0.05, 0.1) is 16.1 Å². The first kappa shape index (κ1) is 16.1. The normalized spacial score (nSPS) is 13.0. The van der Waals surface area contributed by atoms with Gasteiger partial charge in [-0.1, -0.05) is 0 Å². The Hall–Kier alpha value is -2.23. The van der Waals surface area contributed by atoms with Crippen molar-refractivity contribution in [3.8, 4) is 0 Å². The first-order valence-electron chi connectivity index (χ1n) is 6.24. The van der Waals surface area contributed by atoms with Gasteiger partial charge in [-0.3, -0.25) is 10.1 Å². The van der Waals surface area contributed by atoms with Crippen molar-refractivity contribution in [2.24, 2.45) is 0 Å². The van der Waals surface area contributed by atoms with Gasteiger partial charge in [0.1, 0.15) is 11.9 Å². The average molecular weight is 326 g/mol. The molecule has 0 aliphatic rings. The van der Waals surface area contributed by atoms with E-state index in [1.165, 1.54) is 25.5 Å². The van der Waals surface area contributed by atoms with E-state index in [-0.39, 0.29) is 17.1 Å². The van der Waals surface area contributed by atoms with Crippen LogP contribution in [0.1, 0.15) is 11.9 Å². The van der Waals surface area contributed by atoms with Gasteiger partial charge in [-0.25, -0.2) is 13.1 Å². The molecule has 8 nitrogen and oxygen atoms in total. The van der Waals surface area contributed by atoms with Crippen LogP contribution in [0.2, 0.25) is 0 Å². The molecule has 0 spiro atoms. The second kappa shape index (κ2) is 6.69. The van der Waals surface area contributed by atoms with Crippen molar-refractivity contribution in [3.05, 3.63) is 58.5 Å². The van der Waals surface area contributed by atoms with Gasteiger partial charge in [-0.15, -0.1) is 0 Å². The molecule has 1 aromatic carbocycles. The minimum atomic E-state index is -3.79. The molecule has 0 amide bonds. The molecule has 22 heavy (non-hydrogen) atoms. The minimum absolute atomic E-state index is 0.0245. The van der Waals surface area contributed by atoms with Gasteiger partial charge in [0, 0.05) is 25.8 Å². The Morgan fingerprint density at radius 2 is 2.00 bits per heavy atom. The SMILES string of the molecule is COC(CNS(=O)(=O)c1ccc([N+](=O)[O-])cc1)c1ccco1. The molecule has 9 heteroatoms. The second-order valence-corrected chi connectivity index (χ2v) is 6.11. The number of rotatable bonds is 7. The summed E-state index contributed by atoms with van der Waals surface area (Å²) in [7, 11) is -2.36. The molecule has 0 saturated heterocycles. The Morgan fingerprint density at radius 1 is 1.32 bits per heavy atom. The van der Waals surface area contributed by atoms with Crippen molar-refractivity contribution in [1.82, 2.24) is 4.72 Å². The number of nitrogens with zero attached hydrogens (tertiary/aromatic N) is 1. The molecule has 0 fully saturated rings. The molecule has 0 saturated carbocycles. The van der Waals surface area contributed by atoms with Crippen molar-refractivity contribution >= 4 is 15.7 Å². The summed E-state index contributed by atoms with van der Waals surface area (Å²) in [5, 5.41) is 10.6. The Labute approximate surface area is 126 Å². The van der Waals surface area contributed by atoms with Gasteiger partial charge in [0.15, 0.2) is 0 Å². The Bertz CT molecular complexity index is 724. The van der Waals surface area contributed by atoms with Crippen molar-refractivity contribution in [2.45, 2.75) is 11.0 Å². The zero-order valence-electron chi connectivity index (χ0n) is 11.6. The average Bonchev–Trinajstić information content (AvgIpc) is 3.02. The fourth-order valence-corrected chi connectivity index (χ4v) is 2.82. The summed E-state index contributed by atoms with van der Waals surface area (Å²) in [6, 6.07) is 7.97. The van der Waals surface area contributed by atoms with E-state index in [0.29, 0.717) is 5.76 Å². The van der Waals surface area contributed by atoms with E-state index in [1.807, 2.05) is 0 Å². The lowest BCUT2D eigenvalue weighted by Crippen LogP contribution is -2.29. The van der Waals surface area contributed by atoms with Crippen LogP contribution in [0, 0.1) is 10.1 Å². The number of nitro groups is 1. The molecule has 118 valence electrons. The molecule has 0 radical (unpaired) electrons. The number of hydrogen-bond donors (Lipinski definition) is 1. The summed E-state index contributed by atoms with van der Waals surface area (Å²) in [5.41, 5.74) is -0.177. The molecule has 1 atom stereocenters. The minimum Gasteiger partial charge on any atom is -0.467 e. The van der Waals surface area contributed by atoms with Crippen LogP contribution in [0.5, 0.6) is 0 Å². The van der Waals surface area contributed by atoms with E-state index < -0.39 is 21.1 Å². The van der Waals surface area contributed by atoms with Gasteiger partial charge >= 0.3 is 0 Å². The largest absolute Gasteiger partial charge is 0.467 e. The maximum absolute atomic E-state index is 12.1. The molecule has 2 rings (SSSR count). The summed E-state index contributed by atoms with van der Waals surface area (Å²) < 4.78 is 37.0. The predicted molar refractivity (Wildman–Crippen MR) is 76.7 cm³/mol. The predicted octanol–water partition coefficient (Wildman–Crippen LogP) is 1.85. The van der Waals surface area contributed by atoms with E-state index in [0.717, 1.165) is 12.1 Å². The fourth-order valence-electron chi connectivity index (χ4n) is 1.79. The van der Waals surface area contributed by atoms with Gasteiger partial charge < -0.3 is 9.15 Å². The number of ether oxygens (including phenoxy) is 1. The van der Waals surface area contributed by atoms with Crippen LogP contribution in [-0.4, -0.2) is 27.0 Å². The molecule has 1 aromatic heterocycles. The summed E-state index contributed by atoms with van der Waals surface area (Å²) in [6.07, 6.45) is 0.898. The highest BCUT2D eigenvalue weighted by molar-refractivity contribution is 7.89. The van der Waals surface area contributed by atoms with Crippen LogP contribution in [-0.2, 0) is 14.8 Å². The maximum Gasteiger partial charge on any atom is 0.269 e. The summed E-state index contributed by atoms with van der Waals surface area (Å²) >= 11 is 0. The van der Waals surface area contributed by atoms with Crippen molar-refractivity contribution < 1.29 is 22.5 Å². The number of methoxy groups -OCH3 is 1. The van der Waals surface area contributed by atoms with Gasteiger partial charge in [0.2, 0.25) is 10.0 Å². The number of sulfonamides is 1. The van der Waals surface area contributed by atoms with E-state index in [2.05, 4.69) is 4.72 Å². The number of nitro benzene ring substituents is 1. The first-order valence-corrected chi connectivity index (χ1v) is 7.72. The van der Waals surface area contributed by atoms with Crippen LogP contribution < -0.4 is 4.72 Å². The lowest BCUT2D eigenvalue weighted by atomic mass is 10.3. The first-order chi connectivity index (χ1) is 10.4. The van der Waals surface area contributed by atoms with E-state index in [4.69, 9.17) is 9.15 Å². The molecule has 0 aliphatic carbocycles. The molecular formula is C13H14N2O6S. The van der Waals surface area contributed by atoms with Crippen molar-refractivity contribution in [1.29, 1.82) is 0 Å². The number of furan rings is 1. The summed E-state index contributed by atoms with van der Waals surface area (Å²) in [4.78, 5) is 9.90. The third kappa shape index (κ3) is 3.70. The zero-order valence-corrected chi connectivity index (χ0v) is 12.4. The lowest BCUT2D eigenvalue weighted by molar-refractivity contribution is -0.384. The number of nitrogens with one attached hydrogen (secondary N) is 1. The van der Waals surface area contributed by atoms with E-state index in [9.17, 15) is 18.5 Å². The molecule has 1 N–H and O–H groups in total. The number of non-ortho nitro benzene ring substituents is 1. The van der Waals surface area contributed by atoms with Gasteiger partial charge in [0.25, 0.3) is 5.69 Å². The van der Waals surface area contributed by atoms with Gasteiger partial charge in [-0.05, 0) is 24.3 Å². The zero-order chi connectivity index (χ0) is 16.2. The molecular weight excluding hydrogens is 312 g/mol. The maximum atomic E-state index is 12.1. The molecule has 0 bridgehead atoms. The highest BCUT2D eigenvalue weighted by Crippen LogP contribution is 2.19. The van der Waals surface area contributed by atoms with Crippen LogP contribution in [0.4, 0.5) is 5.69 Å². The lowest BCUT2D eigenvalue weighted by Gasteiger charge is -2.14. The van der Waals surface area contributed by atoms with Crippen LogP contribution in [0.3, 0.4) is 0 Å². The second-order valence-electron chi connectivity index (χ2n) is 4.34. The Kier molecular flexibility index (Phi) is 4.91. The highest BCUT2D eigenvalue weighted by atomic mass is 32.2. The Balaban J connectivity index is 2.09. The highest BCUT2D eigenvalue weighted by Gasteiger charge is 2.20. The third-order valence-electron chi connectivity index (χ3n) is 2.96. The van der Waals surface area contributed by atoms with Crippen molar-refractivity contribution in [3.63, 3.8) is 0 Å². The smallest absolute Gasteiger partial charge is 0.269 e. The fraction of sp³-hybridized carbons (Fsp3) is 0.231. The number of hydrogen-bond acceptors (Lipinski definition) is 6. The van der Waals surface area contributed by atoms with Gasteiger partial charge in [-0.2, -0.15) is 0 Å². The number of benzene rings is 1. The van der Waals surface area contributed by atoms with Crippen LogP contribution >= 0.6 is 0 Å². The molecule has 2 aromatic rings. The summed E-state index contributed by atoms with van der Waals surface area (Å²) in [6.45, 7) is -0.0245. The third-order valence-corrected chi connectivity index (χ3v) is 4.40. The summed E-state index contributed by atoms with van der Waals surface area (Å²) in [5.74, 6) is 0.494. The van der Waals surface area contributed by atoms with Crippen LogP contribution in [0.15, 0.2) is 52.0 Å². The molecule has 1 heterocycles. The standard InChI is InChI=1S/C13H14N2O6S/c1-20-13(12-3-2-8-21-12)9-14-22(18,19)11-6-4-10(5-7-11)15(16)17/h2-8,13-14H,9H2,1H3. The molecule has 1 unspecified atom stereocenters. The van der Waals surface area contributed by atoms with E-state index in [1.54, 1.807) is 12.1 Å². The quantitative estimate of drug-likeness (QED) is 0.614. The van der Waals surface area contributed by atoms with Crippen LogP contribution in [0.25, 0.3) is 0 Å². The monoisotopic (exact) mass is 326 g/mol. The topological polar surface area (TPSA) is 112 Å². The molecule has 0 aliphatic heterocycles. The van der Waals surface area contributed by atoms with E-state index >= 15 is 0 Å².